The van der Waals surface area contributed by atoms with E-state index >= 15 is 0 Å². The normalized spacial score (nSPS) is 20.9. The second-order valence-electron chi connectivity index (χ2n) is 7.33. The second kappa shape index (κ2) is 7.08. The lowest BCUT2D eigenvalue weighted by atomic mass is 9.77. The maximum absolute atomic E-state index is 13.2. The number of halogens is 2. The van der Waals surface area contributed by atoms with Crippen LogP contribution in [0.15, 0.2) is 47.7 Å². The molecule has 1 aliphatic carbocycles. The van der Waals surface area contributed by atoms with Crippen molar-refractivity contribution in [3.8, 4) is 11.5 Å². The number of ketones is 1. The first-order chi connectivity index (χ1) is 14.0. The van der Waals surface area contributed by atoms with Gasteiger partial charge in [-0.25, -0.2) is 0 Å². The minimum Gasteiger partial charge on any atom is -0.454 e. The number of fused-ring (bicyclic) bond motifs is 1. The summed E-state index contributed by atoms with van der Waals surface area (Å²) in [4.78, 5) is 27.8. The average molecular weight is 430 g/mol. The number of benzene rings is 2. The summed E-state index contributed by atoms with van der Waals surface area (Å²) in [5.74, 6) is 1.05. The molecule has 1 amide bonds. The standard InChI is InChI=1S/C22H17Cl2NO4/c23-15-6-5-13(9-16(15)24)25-17-2-1-3-18(26)22(17)14(10-21(25)27)12-4-7-19-20(8-12)29-11-28-19/h4-9,14H,1-3,10-11H2. The van der Waals surface area contributed by atoms with E-state index in [2.05, 4.69) is 0 Å². The summed E-state index contributed by atoms with van der Waals surface area (Å²) in [7, 11) is 0. The molecule has 1 atom stereocenters. The predicted molar refractivity (Wildman–Crippen MR) is 110 cm³/mol. The number of ether oxygens (including phenoxy) is 2. The van der Waals surface area contributed by atoms with E-state index in [4.69, 9.17) is 32.7 Å². The van der Waals surface area contributed by atoms with Crippen LogP contribution in [0.2, 0.25) is 10.0 Å². The third-order valence-corrected chi connectivity index (χ3v) is 6.37. The van der Waals surface area contributed by atoms with Gasteiger partial charge in [-0.3, -0.25) is 14.5 Å². The Morgan fingerprint density at radius 2 is 1.76 bits per heavy atom. The highest BCUT2D eigenvalue weighted by Gasteiger charge is 2.40. The Morgan fingerprint density at radius 1 is 0.931 bits per heavy atom. The van der Waals surface area contributed by atoms with Crippen LogP contribution in [0.3, 0.4) is 0 Å². The first-order valence-electron chi connectivity index (χ1n) is 9.46. The van der Waals surface area contributed by atoms with Crippen molar-refractivity contribution in [2.75, 3.05) is 11.7 Å². The van der Waals surface area contributed by atoms with Crippen molar-refractivity contribution in [2.24, 2.45) is 0 Å². The van der Waals surface area contributed by atoms with Crippen LogP contribution in [0.4, 0.5) is 5.69 Å². The van der Waals surface area contributed by atoms with Crippen LogP contribution in [0.5, 0.6) is 11.5 Å². The fourth-order valence-electron chi connectivity index (χ4n) is 4.33. The minimum atomic E-state index is -0.293. The lowest BCUT2D eigenvalue weighted by Gasteiger charge is -2.38. The maximum atomic E-state index is 13.2. The first-order valence-corrected chi connectivity index (χ1v) is 10.2. The van der Waals surface area contributed by atoms with Gasteiger partial charge >= 0.3 is 0 Å². The van der Waals surface area contributed by atoms with E-state index in [0.717, 1.165) is 17.7 Å². The van der Waals surface area contributed by atoms with Crippen molar-refractivity contribution in [3.63, 3.8) is 0 Å². The predicted octanol–water partition coefficient (Wildman–Crippen LogP) is 5.25. The summed E-state index contributed by atoms with van der Waals surface area (Å²) in [6, 6.07) is 10.7. The number of anilines is 1. The van der Waals surface area contributed by atoms with E-state index in [1.165, 1.54) is 0 Å². The largest absolute Gasteiger partial charge is 0.454 e. The van der Waals surface area contributed by atoms with E-state index in [0.29, 0.717) is 45.6 Å². The number of hydrogen-bond donors (Lipinski definition) is 0. The molecule has 148 valence electrons. The zero-order valence-electron chi connectivity index (χ0n) is 15.4. The minimum absolute atomic E-state index is 0.0699. The molecule has 5 rings (SSSR count). The van der Waals surface area contributed by atoms with Crippen LogP contribution in [0, 0.1) is 0 Å². The summed E-state index contributed by atoms with van der Waals surface area (Å²) < 4.78 is 10.9. The maximum Gasteiger partial charge on any atom is 0.232 e. The molecule has 2 aliphatic heterocycles. The number of Topliss-reactive ketones (excluding diaryl/α,β-unsaturated/α-hetero) is 1. The Morgan fingerprint density at radius 3 is 2.59 bits per heavy atom. The number of allylic oxidation sites excluding steroid dienone is 2. The SMILES string of the molecule is O=C1CCCC2=C1C(c1ccc3c(c1)OCO3)CC(=O)N2c1ccc(Cl)c(Cl)c1. The molecule has 2 aromatic carbocycles. The lowest BCUT2D eigenvalue weighted by molar-refractivity contribution is -0.119. The molecule has 3 aliphatic rings. The van der Waals surface area contributed by atoms with Crippen molar-refractivity contribution in [1.29, 1.82) is 0 Å². The summed E-state index contributed by atoms with van der Waals surface area (Å²) in [6.45, 7) is 0.181. The van der Waals surface area contributed by atoms with Crippen LogP contribution < -0.4 is 14.4 Å². The molecule has 0 radical (unpaired) electrons. The highest BCUT2D eigenvalue weighted by atomic mass is 35.5. The highest BCUT2D eigenvalue weighted by Crippen LogP contribution is 2.45. The summed E-state index contributed by atoms with van der Waals surface area (Å²) >= 11 is 12.2. The highest BCUT2D eigenvalue weighted by molar-refractivity contribution is 6.42. The molecular weight excluding hydrogens is 413 g/mol. The molecule has 0 fully saturated rings. The molecule has 1 unspecified atom stereocenters. The smallest absolute Gasteiger partial charge is 0.232 e. The number of carbonyl (C=O) groups is 2. The van der Waals surface area contributed by atoms with Gasteiger partial charge in [0.25, 0.3) is 0 Å². The van der Waals surface area contributed by atoms with Crippen molar-refractivity contribution in [3.05, 3.63) is 63.3 Å². The zero-order valence-corrected chi connectivity index (χ0v) is 16.9. The van der Waals surface area contributed by atoms with Gasteiger partial charge in [0.05, 0.1) is 15.7 Å². The third kappa shape index (κ3) is 3.09. The first kappa shape index (κ1) is 18.5. The van der Waals surface area contributed by atoms with Gasteiger partial charge in [0.15, 0.2) is 17.3 Å². The molecular formula is C22H17Cl2NO4. The molecule has 5 nitrogen and oxygen atoms in total. The molecule has 0 saturated heterocycles. The number of hydrogen-bond acceptors (Lipinski definition) is 4. The van der Waals surface area contributed by atoms with E-state index < -0.39 is 0 Å². The fourth-order valence-corrected chi connectivity index (χ4v) is 4.62. The zero-order chi connectivity index (χ0) is 20.1. The molecule has 7 heteroatoms. The van der Waals surface area contributed by atoms with Crippen LogP contribution in [-0.4, -0.2) is 18.5 Å². The van der Waals surface area contributed by atoms with E-state index in [9.17, 15) is 9.59 Å². The second-order valence-corrected chi connectivity index (χ2v) is 8.15. The topological polar surface area (TPSA) is 55.8 Å². The monoisotopic (exact) mass is 429 g/mol. The molecule has 29 heavy (non-hydrogen) atoms. The Bertz CT molecular complexity index is 1080. The Balaban J connectivity index is 1.63. The number of carbonyl (C=O) groups excluding carboxylic acids is 2. The van der Waals surface area contributed by atoms with Gasteiger partial charge in [-0.1, -0.05) is 29.3 Å². The third-order valence-electron chi connectivity index (χ3n) is 5.64. The Hall–Kier alpha value is -2.50. The van der Waals surface area contributed by atoms with Crippen molar-refractivity contribution >= 4 is 40.6 Å². The molecule has 2 aromatic rings. The van der Waals surface area contributed by atoms with Crippen LogP contribution in [0.25, 0.3) is 0 Å². The van der Waals surface area contributed by atoms with Crippen molar-refractivity contribution in [1.82, 2.24) is 0 Å². The van der Waals surface area contributed by atoms with E-state index in [1.807, 2.05) is 18.2 Å². The molecule has 0 N–H and O–H groups in total. The average Bonchev–Trinajstić information content (AvgIpc) is 3.17. The van der Waals surface area contributed by atoms with Crippen molar-refractivity contribution in [2.45, 2.75) is 31.6 Å². The number of nitrogens with zero attached hydrogens (tertiary/aromatic N) is 1. The van der Waals surface area contributed by atoms with Gasteiger partial charge < -0.3 is 9.47 Å². The van der Waals surface area contributed by atoms with E-state index in [-0.39, 0.29) is 30.8 Å². The molecule has 0 bridgehead atoms. The van der Waals surface area contributed by atoms with Crippen molar-refractivity contribution < 1.29 is 19.1 Å². The molecule has 0 saturated carbocycles. The number of rotatable bonds is 2. The van der Waals surface area contributed by atoms with Gasteiger partial charge in [0.2, 0.25) is 12.7 Å². The summed E-state index contributed by atoms with van der Waals surface area (Å²) in [6.07, 6.45) is 2.07. The molecule has 0 spiro atoms. The van der Waals surface area contributed by atoms with Gasteiger partial charge in [-0.15, -0.1) is 0 Å². The van der Waals surface area contributed by atoms with Gasteiger partial charge in [0.1, 0.15) is 0 Å². The summed E-state index contributed by atoms with van der Waals surface area (Å²) in [5, 5.41) is 0.797. The van der Waals surface area contributed by atoms with Crippen LogP contribution in [0.1, 0.15) is 37.2 Å². The van der Waals surface area contributed by atoms with Crippen LogP contribution >= 0.6 is 23.2 Å². The Labute approximate surface area is 177 Å². The quantitative estimate of drug-likeness (QED) is 0.653. The summed E-state index contributed by atoms with van der Waals surface area (Å²) in [5.41, 5.74) is 2.99. The van der Waals surface area contributed by atoms with Crippen LogP contribution in [-0.2, 0) is 9.59 Å². The Kier molecular flexibility index (Phi) is 4.52. The lowest BCUT2D eigenvalue weighted by Crippen LogP contribution is -2.40. The van der Waals surface area contributed by atoms with Gasteiger partial charge in [-0.05, 0) is 48.7 Å². The van der Waals surface area contributed by atoms with E-state index in [1.54, 1.807) is 23.1 Å². The molecule has 0 aromatic heterocycles. The fraction of sp³-hybridized carbons (Fsp3) is 0.273. The van der Waals surface area contributed by atoms with Gasteiger partial charge in [0, 0.05) is 30.0 Å². The van der Waals surface area contributed by atoms with Gasteiger partial charge in [-0.2, -0.15) is 0 Å². The molecule has 2 heterocycles. The number of amides is 1.